The first-order valence-corrected chi connectivity index (χ1v) is 5.02. The van der Waals surface area contributed by atoms with Gasteiger partial charge in [-0.15, -0.1) is 0 Å². The molecule has 0 unspecified atom stereocenters. The normalized spacial score (nSPS) is 12.2. The van der Waals surface area contributed by atoms with Crippen molar-refractivity contribution in [2.24, 2.45) is 7.05 Å². The SMILES string of the molecule is Cn1c(N)nc2ncn(C(C)(C)C)c(=O)c21. The Labute approximate surface area is 92.7 Å². The van der Waals surface area contributed by atoms with Gasteiger partial charge in [0.15, 0.2) is 11.2 Å². The van der Waals surface area contributed by atoms with Crippen LogP contribution in [0.15, 0.2) is 11.1 Å². The zero-order valence-corrected chi connectivity index (χ0v) is 9.85. The maximum Gasteiger partial charge on any atom is 0.280 e. The van der Waals surface area contributed by atoms with Gasteiger partial charge in [0.1, 0.15) is 6.33 Å². The molecule has 6 nitrogen and oxygen atoms in total. The van der Waals surface area contributed by atoms with Crippen molar-refractivity contribution in [3.8, 4) is 0 Å². The number of anilines is 1. The van der Waals surface area contributed by atoms with Gasteiger partial charge >= 0.3 is 0 Å². The predicted molar refractivity (Wildman–Crippen MR) is 62.2 cm³/mol. The summed E-state index contributed by atoms with van der Waals surface area (Å²) in [5.41, 5.74) is 6.05. The highest BCUT2D eigenvalue weighted by molar-refractivity contribution is 5.72. The fraction of sp³-hybridized carbons (Fsp3) is 0.500. The van der Waals surface area contributed by atoms with E-state index >= 15 is 0 Å². The molecule has 6 heteroatoms. The van der Waals surface area contributed by atoms with Crippen LogP contribution in [-0.2, 0) is 12.6 Å². The lowest BCUT2D eigenvalue weighted by Crippen LogP contribution is -2.34. The van der Waals surface area contributed by atoms with Gasteiger partial charge in [0.05, 0.1) is 0 Å². The lowest BCUT2D eigenvalue weighted by Gasteiger charge is -2.21. The summed E-state index contributed by atoms with van der Waals surface area (Å²) in [4.78, 5) is 20.4. The molecule has 0 aromatic carbocycles. The number of nitrogens with two attached hydrogens (primary N) is 1. The molecule has 0 aliphatic carbocycles. The van der Waals surface area contributed by atoms with Crippen molar-refractivity contribution >= 4 is 17.1 Å². The van der Waals surface area contributed by atoms with Crippen LogP contribution in [0.25, 0.3) is 11.2 Å². The van der Waals surface area contributed by atoms with Crippen LogP contribution in [0.4, 0.5) is 5.95 Å². The number of hydrogen-bond acceptors (Lipinski definition) is 4. The predicted octanol–water partition coefficient (Wildman–Crippen LogP) is 0.467. The van der Waals surface area contributed by atoms with Crippen molar-refractivity contribution in [1.82, 2.24) is 19.1 Å². The Morgan fingerprint density at radius 1 is 1.38 bits per heavy atom. The summed E-state index contributed by atoms with van der Waals surface area (Å²) in [6, 6.07) is 0. The molecule has 2 N–H and O–H groups in total. The number of aryl methyl sites for hydroxylation is 1. The van der Waals surface area contributed by atoms with Gasteiger partial charge in [-0.3, -0.25) is 9.36 Å². The van der Waals surface area contributed by atoms with Crippen molar-refractivity contribution in [1.29, 1.82) is 0 Å². The van der Waals surface area contributed by atoms with Gasteiger partial charge in [-0.25, -0.2) is 4.98 Å². The first-order chi connectivity index (χ1) is 7.32. The van der Waals surface area contributed by atoms with E-state index in [-0.39, 0.29) is 11.1 Å². The molecule has 16 heavy (non-hydrogen) atoms. The number of nitrogen functional groups attached to an aromatic ring is 1. The summed E-state index contributed by atoms with van der Waals surface area (Å²) in [5.74, 6) is 0.297. The minimum atomic E-state index is -0.308. The van der Waals surface area contributed by atoms with Gasteiger partial charge in [-0.2, -0.15) is 4.98 Å². The third kappa shape index (κ3) is 1.37. The Balaban J connectivity index is 2.90. The molecule has 0 spiro atoms. The molecule has 0 saturated carbocycles. The summed E-state index contributed by atoms with van der Waals surface area (Å²) in [7, 11) is 1.71. The van der Waals surface area contributed by atoms with E-state index in [1.54, 1.807) is 16.2 Å². The summed E-state index contributed by atoms with van der Waals surface area (Å²) in [6.45, 7) is 5.84. The van der Waals surface area contributed by atoms with Gasteiger partial charge in [0, 0.05) is 12.6 Å². The summed E-state index contributed by atoms with van der Waals surface area (Å²) < 4.78 is 3.14. The topological polar surface area (TPSA) is 78.7 Å². The van der Waals surface area contributed by atoms with Gasteiger partial charge in [0.2, 0.25) is 5.95 Å². The molecule has 0 atom stereocenters. The molecule has 0 saturated heterocycles. The fourth-order valence-corrected chi connectivity index (χ4v) is 1.59. The van der Waals surface area contributed by atoms with E-state index in [0.29, 0.717) is 17.1 Å². The molecule has 0 aliphatic heterocycles. The van der Waals surface area contributed by atoms with Crippen LogP contribution in [0, 0.1) is 0 Å². The van der Waals surface area contributed by atoms with Crippen molar-refractivity contribution in [3.63, 3.8) is 0 Å². The monoisotopic (exact) mass is 221 g/mol. The minimum Gasteiger partial charge on any atom is -0.369 e. The standard InChI is InChI=1S/C10H15N5O/c1-10(2,3)15-5-12-7-6(8(15)16)14(4)9(11)13-7/h5H,1-4H3,(H2,11,13). The maximum atomic E-state index is 12.2. The Kier molecular flexibility index (Phi) is 2.04. The van der Waals surface area contributed by atoms with Crippen LogP contribution in [0.5, 0.6) is 0 Å². The average molecular weight is 221 g/mol. The van der Waals surface area contributed by atoms with Gasteiger partial charge < -0.3 is 10.3 Å². The van der Waals surface area contributed by atoms with Gasteiger partial charge in [0.25, 0.3) is 5.56 Å². The van der Waals surface area contributed by atoms with E-state index in [0.717, 1.165) is 0 Å². The van der Waals surface area contributed by atoms with E-state index in [2.05, 4.69) is 9.97 Å². The lowest BCUT2D eigenvalue weighted by atomic mass is 10.1. The molecule has 2 aromatic heterocycles. The van der Waals surface area contributed by atoms with Crippen molar-refractivity contribution in [2.75, 3.05) is 5.73 Å². The Morgan fingerprint density at radius 2 is 2.00 bits per heavy atom. The van der Waals surface area contributed by atoms with E-state index in [9.17, 15) is 4.79 Å². The van der Waals surface area contributed by atoms with Crippen molar-refractivity contribution < 1.29 is 0 Å². The smallest absolute Gasteiger partial charge is 0.280 e. The van der Waals surface area contributed by atoms with E-state index in [4.69, 9.17) is 5.73 Å². The first kappa shape index (κ1) is 10.7. The third-order valence-corrected chi connectivity index (χ3v) is 2.55. The number of hydrogen-bond donors (Lipinski definition) is 1. The highest BCUT2D eigenvalue weighted by Gasteiger charge is 2.19. The van der Waals surface area contributed by atoms with Gasteiger partial charge in [-0.05, 0) is 20.8 Å². The molecule has 0 bridgehead atoms. The van der Waals surface area contributed by atoms with E-state index < -0.39 is 0 Å². The van der Waals surface area contributed by atoms with Gasteiger partial charge in [-0.1, -0.05) is 0 Å². The molecule has 2 rings (SSSR count). The van der Waals surface area contributed by atoms with E-state index in [1.807, 2.05) is 20.8 Å². The third-order valence-electron chi connectivity index (χ3n) is 2.55. The van der Waals surface area contributed by atoms with Crippen LogP contribution in [0.1, 0.15) is 20.8 Å². The summed E-state index contributed by atoms with van der Waals surface area (Å²) in [6.07, 6.45) is 1.51. The zero-order valence-electron chi connectivity index (χ0n) is 9.85. The Morgan fingerprint density at radius 3 is 2.56 bits per heavy atom. The Bertz CT molecular complexity index is 602. The van der Waals surface area contributed by atoms with Crippen LogP contribution in [0.3, 0.4) is 0 Å². The molecule has 0 fully saturated rings. The van der Waals surface area contributed by atoms with Crippen molar-refractivity contribution in [3.05, 3.63) is 16.7 Å². The summed E-state index contributed by atoms with van der Waals surface area (Å²) in [5, 5.41) is 0. The minimum absolute atomic E-state index is 0.121. The van der Waals surface area contributed by atoms with Crippen LogP contribution in [0.2, 0.25) is 0 Å². The summed E-state index contributed by atoms with van der Waals surface area (Å²) >= 11 is 0. The van der Waals surface area contributed by atoms with Crippen LogP contribution in [-0.4, -0.2) is 19.1 Å². The average Bonchev–Trinajstić information content (AvgIpc) is 2.41. The number of rotatable bonds is 0. The zero-order chi connectivity index (χ0) is 12.1. The second-order valence-corrected chi connectivity index (χ2v) is 4.79. The largest absolute Gasteiger partial charge is 0.369 e. The molecule has 2 aromatic rings. The molecule has 0 aliphatic rings. The molecular formula is C10H15N5O. The molecule has 0 amide bonds. The van der Waals surface area contributed by atoms with Crippen LogP contribution >= 0.6 is 0 Å². The highest BCUT2D eigenvalue weighted by atomic mass is 16.1. The first-order valence-electron chi connectivity index (χ1n) is 5.02. The Hall–Kier alpha value is -1.85. The molecule has 0 radical (unpaired) electrons. The molecular weight excluding hydrogens is 206 g/mol. The number of imidazole rings is 1. The molecule has 86 valence electrons. The molecule has 2 heterocycles. The van der Waals surface area contributed by atoms with Crippen molar-refractivity contribution in [2.45, 2.75) is 26.3 Å². The number of fused-ring (bicyclic) bond motifs is 1. The second-order valence-electron chi connectivity index (χ2n) is 4.79. The van der Waals surface area contributed by atoms with Crippen LogP contribution < -0.4 is 11.3 Å². The highest BCUT2D eigenvalue weighted by Crippen LogP contribution is 2.14. The number of aromatic nitrogens is 4. The fourth-order valence-electron chi connectivity index (χ4n) is 1.59. The van der Waals surface area contributed by atoms with E-state index in [1.165, 1.54) is 6.33 Å². The quantitative estimate of drug-likeness (QED) is 0.701. The maximum absolute atomic E-state index is 12.2. The number of nitrogens with zero attached hydrogens (tertiary/aromatic N) is 4. The second kappa shape index (κ2) is 3.07. The lowest BCUT2D eigenvalue weighted by molar-refractivity contribution is 0.381.